The van der Waals surface area contributed by atoms with Gasteiger partial charge in [-0.3, -0.25) is 0 Å². The summed E-state index contributed by atoms with van der Waals surface area (Å²) in [6.45, 7) is 19.5. The summed E-state index contributed by atoms with van der Waals surface area (Å²) < 4.78 is 0. The van der Waals surface area contributed by atoms with Gasteiger partial charge in [0.1, 0.15) is 0 Å². The second kappa shape index (κ2) is 16.2. The third-order valence-electron chi connectivity index (χ3n) is 11.9. The fourth-order valence-corrected chi connectivity index (χ4v) is 9.81. The van der Waals surface area contributed by atoms with Crippen LogP contribution in [0, 0.1) is 87.0 Å². The van der Waals surface area contributed by atoms with Gasteiger partial charge in [-0.25, -0.2) is 9.97 Å². The molecule has 0 radical (unpaired) electrons. The molecule has 0 saturated heterocycles. The SMILES string of the molecule is C#Cc1cc(C#C)cc(-c2c3nc(c(-c4c(C)cc(C)cc4C)c4ccc([n-]4)c(-c4c(C)cc(C)cc4C)c4nc(c(-c5c(C)cc(C)cc5C)c5ccc2[n-]5)C=C4)C=C3)c1.[Zn+2]. The van der Waals surface area contributed by atoms with Gasteiger partial charge in [0, 0.05) is 11.1 Å². The van der Waals surface area contributed by atoms with Crippen molar-refractivity contribution in [1.29, 1.82) is 0 Å². The number of fused-ring (bicyclic) bond motifs is 8. The molecule has 5 heterocycles. The summed E-state index contributed by atoms with van der Waals surface area (Å²) in [6, 6.07) is 27.8. The molecule has 0 atom stereocenters. The van der Waals surface area contributed by atoms with E-state index >= 15 is 0 Å². The van der Waals surface area contributed by atoms with Crippen LogP contribution in [0.1, 0.15) is 84.0 Å². The van der Waals surface area contributed by atoms with Crippen molar-refractivity contribution in [1.82, 2.24) is 19.9 Å². The largest absolute Gasteiger partial charge is 2.00 e. The molecule has 5 heteroatoms. The van der Waals surface area contributed by atoms with Gasteiger partial charge in [-0.1, -0.05) is 89.2 Å². The average molecular weight is 852 g/mol. The molecule has 0 amide bonds. The third-order valence-corrected chi connectivity index (χ3v) is 11.9. The summed E-state index contributed by atoms with van der Waals surface area (Å²) in [7, 11) is 0. The van der Waals surface area contributed by atoms with Crippen molar-refractivity contribution < 1.29 is 19.5 Å². The summed E-state index contributed by atoms with van der Waals surface area (Å²) in [5.41, 5.74) is 26.5. The summed E-state index contributed by atoms with van der Waals surface area (Å²) in [6.07, 6.45) is 20.5. The normalized spacial score (nSPS) is 11.7. The number of benzene rings is 4. The number of aryl methyl sites for hydroxylation is 9. The Bertz CT molecular complexity index is 3210. The molecule has 0 fully saturated rings. The van der Waals surface area contributed by atoms with Gasteiger partial charge < -0.3 is 9.97 Å². The van der Waals surface area contributed by atoms with Crippen molar-refractivity contribution in [2.24, 2.45) is 0 Å². The molecule has 2 aliphatic heterocycles. The number of aromatic nitrogens is 4. The standard InChI is InChI=1S/C57H46N4.Zn/c1-12-40-28-41(13-2)30-42(29-40)54-43-14-16-45(58-43)55(51-34(6)22-31(3)23-35(51)7)47-18-20-49(60-47)57(53-38(10)26-33(5)27-39(53)11)50-21-19-48(61-50)56(46-17-15-44(54)59-46)52-36(8)24-32(4)25-37(52)9;/h1-2,14-30H,3-11H3;/q-2;+2. The molecule has 9 rings (SSSR count). The van der Waals surface area contributed by atoms with E-state index < -0.39 is 0 Å². The van der Waals surface area contributed by atoms with Crippen molar-refractivity contribution in [2.75, 3.05) is 0 Å². The van der Waals surface area contributed by atoms with Crippen molar-refractivity contribution in [3.63, 3.8) is 0 Å². The Kier molecular flexibility index (Phi) is 11.0. The molecule has 4 aromatic carbocycles. The number of hydrogen-bond donors (Lipinski definition) is 0. The predicted octanol–water partition coefficient (Wildman–Crippen LogP) is 13.3. The first-order chi connectivity index (χ1) is 29.3. The maximum atomic E-state index is 6.03. The zero-order valence-corrected chi connectivity index (χ0v) is 39.9. The van der Waals surface area contributed by atoms with Crippen molar-refractivity contribution >= 4 is 46.4 Å². The molecule has 3 aromatic heterocycles. The quantitative estimate of drug-likeness (QED) is 0.131. The van der Waals surface area contributed by atoms with E-state index in [1.54, 1.807) is 0 Å². The van der Waals surface area contributed by atoms with Crippen LogP contribution in [0.15, 0.2) is 78.9 Å². The van der Waals surface area contributed by atoms with E-state index in [2.05, 4.69) is 159 Å². The van der Waals surface area contributed by atoms with Gasteiger partial charge in [0.25, 0.3) is 0 Å². The molecular formula is C57H46N4Zn. The minimum Gasteiger partial charge on any atom is -0.657 e. The topological polar surface area (TPSA) is 54.0 Å². The first-order valence-electron chi connectivity index (χ1n) is 20.7. The van der Waals surface area contributed by atoms with Gasteiger partial charge in [0.15, 0.2) is 0 Å². The number of hydrogen-bond acceptors (Lipinski definition) is 2. The molecule has 7 aromatic rings. The molecule has 0 saturated carbocycles. The van der Waals surface area contributed by atoms with E-state index in [1.165, 1.54) is 27.8 Å². The predicted molar refractivity (Wildman–Crippen MR) is 257 cm³/mol. The Morgan fingerprint density at radius 3 is 0.935 bits per heavy atom. The van der Waals surface area contributed by atoms with Crippen molar-refractivity contribution in [3.8, 4) is 69.2 Å². The Labute approximate surface area is 378 Å². The van der Waals surface area contributed by atoms with Gasteiger partial charge >= 0.3 is 19.5 Å². The fourth-order valence-electron chi connectivity index (χ4n) is 9.81. The van der Waals surface area contributed by atoms with E-state index in [1.807, 2.05) is 18.2 Å². The van der Waals surface area contributed by atoms with Gasteiger partial charge in [-0.2, -0.15) is 0 Å². The number of terminal acetylenes is 2. The summed E-state index contributed by atoms with van der Waals surface area (Å²) in [5, 5.41) is 0. The molecule has 8 bridgehead atoms. The van der Waals surface area contributed by atoms with E-state index in [9.17, 15) is 0 Å². The Balaban J connectivity index is 0.00000529. The molecule has 0 N–H and O–H groups in total. The van der Waals surface area contributed by atoms with Crippen LogP contribution in [0.3, 0.4) is 0 Å². The van der Waals surface area contributed by atoms with Crippen LogP contribution >= 0.6 is 0 Å². The van der Waals surface area contributed by atoms with Crippen LogP contribution in [0.5, 0.6) is 0 Å². The van der Waals surface area contributed by atoms with Gasteiger partial charge in [0.2, 0.25) is 0 Å². The maximum absolute atomic E-state index is 6.03. The van der Waals surface area contributed by atoms with Gasteiger partial charge in [0.05, 0.1) is 22.8 Å². The molecule has 0 unspecified atom stereocenters. The fraction of sp³-hybridized carbons (Fsp3) is 0.158. The second-order valence-electron chi connectivity index (χ2n) is 16.8. The molecular weight excluding hydrogens is 806 g/mol. The Morgan fingerprint density at radius 2 is 0.645 bits per heavy atom. The first kappa shape index (κ1) is 41.9. The second-order valence-corrected chi connectivity index (χ2v) is 16.8. The van der Waals surface area contributed by atoms with E-state index in [4.69, 9.17) is 32.8 Å². The zero-order chi connectivity index (χ0) is 42.9. The number of nitrogens with zero attached hydrogens (tertiary/aromatic N) is 4. The zero-order valence-electron chi connectivity index (χ0n) is 37.0. The monoisotopic (exact) mass is 850 g/mol. The first-order valence-corrected chi connectivity index (χ1v) is 20.7. The average Bonchev–Trinajstić information content (AvgIpc) is 4.05. The van der Waals surface area contributed by atoms with Crippen molar-refractivity contribution in [3.05, 3.63) is 163 Å². The Morgan fingerprint density at radius 1 is 0.371 bits per heavy atom. The minimum atomic E-state index is 0. The smallest absolute Gasteiger partial charge is 0.657 e. The third kappa shape index (κ3) is 7.28. The van der Waals surface area contributed by atoms with Crippen LogP contribution in [0.4, 0.5) is 0 Å². The van der Waals surface area contributed by atoms with Gasteiger partial charge in [-0.05, 0) is 183 Å². The van der Waals surface area contributed by atoms with E-state index in [0.717, 1.165) is 112 Å². The molecule has 0 spiro atoms. The van der Waals surface area contributed by atoms with Crippen molar-refractivity contribution in [2.45, 2.75) is 62.3 Å². The number of rotatable bonds is 4. The molecule has 62 heavy (non-hydrogen) atoms. The summed E-state index contributed by atoms with van der Waals surface area (Å²) in [5.74, 6) is 5.64. The molecule has 4 nitrogen and oxygen atoms in total. The van der Waals surface area contributed by atoms with Gasteiger partial charge in [-0.15, -0.1) is 34.9 Å². The van der Waals surface area contributed by atoms with Crippen LogP contribution in [0.25, 0.3) is 90.9 Å². The van der Waals surface area contributed by atoms with E-state index in [-0.39, 0.29) is 19.5 Å². The van der Waals surface area contributed by atoms with Crippen LogP contribution in [-0.4, -0.2) is 9.97 Å². The molecule has 296 valence electrons. The van der Waals surface area contributed by atoms with Crippen LogP contribution in [-0.2, 0) is 19.5 Å². The molecule has 0 aliphatic carbocycles. The maximum Gasteiger partial charge on any atom is 2.00 e. The molecule has 2 aliphatic rings. The van der Waals surface area contributed by atoms with E-state index in [0.29, 0.717) is 11.1 Å². The Hall–Kier alpha value is -6.78. The summed E-state index contributed by atoms with van der Waals surface area (Å²) in [4.78, 5) is 22.1. The van der Waals surface area contributed by atoms with Crippen LogP contribution < -0.4 is 9.97 Å². The van der Waals surface area contributed by atoms with Crippen LogP contribution in [0.2, 0.25) is 0 Å². The minimum absolute atomic E-state index is 0. The summed E-state index contributed by atoms with van der Waals surface area (Å²) >= 11 is 0.